The summed E-state index contributed by atoms with van der Waals surface area (Å²) >= 11 is 0. The van der Waals surface area contributed by atoms with Crippen molar-refractivity contribution in [3.63, 3.8) is 0 Å². The predicted molar refractivity (Wildman–Crippen MR) is 128 cm³/mol. The van der Waals surface area contributed by atoms with E-state index in [0.29, 0.717) is 13.2 Å². The number of morpholine rings is 1. The number of hydrogen-bond donors (Lipinski definition) is 2. The second-order valence-corrected chi connectivity index (χ2v) is 7.98. The molecule has 0 radical (unpaired) electrons. The van der Waals surface area contributed by atoms with Crippen LogP contribution in [0, 0.1) is 6.92 Å². The summed E-state index contributed by atoms with van der Waals surface area (Å²) in [5.41, 5.74) is 3.65. The van der Waals surface area contributed by atoms with E-state index < -0.39 is 0 Å². The number of anilines is 3. The maximum atomic E-state index is 11.1. The lowest BCUT2D eigenvalue weighted by atomic mass is 10.2. The van der Waals surface area contributed by atoms with Crippen LogP contribution >= 0.6 is 0 Å². The molecular formula is C25H29N5O3. The molecule has 3 heterocycles. The van der Waals surface area contributed by atoms with Crippen molar-refractivity contribution >= 4 is 23.1 Å². The number of carbonyl (C=O) groups excluding carboxylic acids is 1. The van der Waals surface area contributed by atoms with Gasteiger partial charge in [-0.3, -0.25) is 14.7 Å². The van der Waals surface area contributed by atoms with Gasteiger partial charge >= 0.3 is 0 Å². The summed E-state index contributed by atoms with van der Waals surface area (Å²) in [5, 5.41) is 6.05. The van der Waals surface area contributed by atoms with Crippen molar-refractivity contribution in [3.05, 3.63) is 72.2 Å². The van der Waals surface area contributed by atoms with Crippen molar-refractivity contribution in [1.82, 2.24) is 14.9 Å². The molecule has 1 fully saturated rings. The number of rotatable bonds is 8. The van der Waals surface area contributed by atoms with Gasteiger partial charge in [-0.15, -0.1) is 0 Å². The molecule has 8 heteroatoms. The Labute approximate surface area is 194 Å². The summed E-state index contributed by atoms with van der Waals surface area (Å²) in [4.78, 5) is 22.4. The summed E-state index contributed by atoms with van der Waals surface area (Å²) in [6.45, 7) is 7.17. The number of carbonyl (C=O) groups is 1. The van der Waals surface area contributed by atoms with E-state index in [9.17, 15) is 4.79 Å². The quantitative estimate of drug-likeness (QED) is 0.541. The minimum Gasteiger partial charge on any atom is -0.492 e. The molecule has 1 aromatic carbocycles. The lowest BCUT2D eigenvalue weighted by Gasteiger charge is -2.32. The van der Waals surface area contributed by atoms with Crippen LogP contribution in [0.2, 0.25) is 0 Å². The number of pyridine rings is 2. The Balaban J connectivity index is 1.26. The van der Waals surface area contributed by atoms with Crippen LogP contribution in [0.15, 0.2) is 60.9 Å². The molecule has 1 atom stereocenters. The highest BCUT2D eigenvalue weighted by Crippen LogP contribution is 2.23. The van der Waals surface area contributed by atoms with Crippen LogP contribution in [0.5, 0.6) is 5.75 Å². The van der Waals surface area contributed by atoms with Crippen LogP contribution in [0.25, 0.3) is 0 Å². The minimum atomic E-state index is -0.0887. The number of nitrogens with one attached hydrogen (secondary N) is 2. The van der Waals surface area contributed by atoms with Crippen LogP contribution in [-0.2, 0) is 9.53 Å². The molecule has 1 aliphatic rings. The van der Waals surface area contributed by atoms with E-state index >= 15 is 0 Å². The van der Waals surface area contributed by atoms with Gasteiger partial charge in [-0.1, -0.05) is 6.07 Å². The van der Waals surface area contributed by atoms with Gasteiger partial charge in [0.1, 0.15) is 24.3 Å². The van der Waals surface area contributed by atoms with E-state index in [1.165, 1.54) is 6.92 Å². The van der Waals surface area contributed by atoms with Crippen LogP contribution in [-0.4, -0.2) is 53.6 Å². The van der Waals surface area contributed by atoms with Crippen LogP contribution in [0.4, 0.5) is 17.2 Å². The van der Waals surface area contributed by atoms with E-state index in [2.05, 4.69) is 25.5 Å². The van der Waals surface area contributed by atoms with E-state index in [1.807, 2.05) is 61.7 Å². The van der Waals surface area contributed by atoms with Gasteiger partial charge in [-0.05, 0) is 55.0 Å². The topological polar surface area (TPSA) is 88.6 Å². The number of hydrogen-bond acceptors (Lipinski definition) is 7. The van der Waals surface area contributed by atoms with Crippen molar-refractivity contribution in [1.29, 1.82) is 0 Å². The normalized spacial score (nSPS) is 16.2. The maximum absolute atomic E-state index is 11.1. The zero-order valence-electron chi connectivity index (χ0n) is 19.0. The SMILES string of the molecule is CC(=O)Nc1ccc(OCCN2CCO[C@H](c3ccc(Nc4ncccc4C)cn3)C2)cc1. The molecule has 3 aromatic rings. The van der Waals surface area contributed by atoms with E-state index in [0.717, 1.165) is 53.8 Å². The van der Waals surface area contributed by atoms with Crippen molar-refractivity contribution in [2.45, 2.75) is 20.0 Å². The predicted octanol–water partition coefficient (Wildman–Crippen LogP) is 3.94. The van der Waals surface area contributed by atoms with E-state index in [4.69, 9.17) is 9.47 Å². The fourth-order valence-corrected chi connectivity index (χ4v) is 3.64. The molecule has 2 N–H and O–H groups in total. The van der Waals surface area contributed by atoms with E-state index in [1.54, 1.807) is 6.20 Å². The van der Waals surface area contributed by atoms with Crippen LogP contribution < -0.4 is 15.4 Å². The molecule has 172 valence electrons. The summed E-state index contributed by atoms with van der Waals surface area (Å²) in [6, 6.07) is 15.3. The molecule has 4 rings (SSSR count). The van der Waals surface area contributed by atoms with Gasteiger partial charge in [0.15, 0.2) is 0 Å². The third kappa shape index (κ3) is 6.50. The summed E-state index contributed by atoms with van der Waals surface area (Å²) in [7, 11) is 0. The Morgan fingerprint density at radius 3 is 2.70 bits per heavy atom. The molecule has 0 bridgehead atoms. The molecule has 2 aromatic heterocycles. The summed E-state index contributed by atoms with van der Waals surface area (Å²) in [6.07, 6.45) is 3.52. The molecule has 0 aliphatic carbocycles. The van der Waals surface area contributed by atoms with Gasteiger partial charge < -0.3 is 20.1 Å². The average molecular weight is 448 g/mol. The third-order valence-corrected chi connectivity index (χ3v) is 5.39. The molecule has 1 saturated heterocycles. The van der Waals surface area contributed by atoms with Gasteiger partial charge in [-0.2, -0.15) is 0 Å². The Hall–Kier alpha value is -3.49. The number of aromatic nitrogens is 2. The van der Waals surface area contributed by atoms with Crippen molar-refractivity contribution < 1.29 is 14.3 Å². The molecule has 1 aliphatic heterocycles. The van der Waals surface area contributed by atoms with Crippen LogP contribution in [0.3, 0.4) is 0 Å². The average Bonchev–Trinajstić information content (AvgIpc) is 2.82. The standard InChI is InChI=1S/C25H29N5O3/c1-18-4-3-11-26-25(18)29-21-7-10-23(27-16-21)24-17-30(13-15-33-24)12-14-32-22-8-5-20(6-9-22)28-19(2)31/h3-11,16,24H,12-15,17H2,1-2H3,(H,26,29)(H,28,31)/t24-/m0/s1. The summed E-state index contributed by atoms with van der Waals surface area (Å²) < 4.78 is 11.8. The molecule has 0 spiro atoms. The molecule has 8 nitrogen and oxygen atoms in total. The Kier molecular flexibility index (Phi) is 7.49. The monoisotopic (exact) mass is 447 g/mol. The second kappa shape index (κ2) is 10.9. The molecule has 0 saturated carbocycles. The van der Waals surface area contributed by atoms with Gasteiger partial charge in [0, 0.05) is 38.4 Å². The zero-order chi connectivity index (χ0) is 23.0. The van der Waals surface area contributed by atoms with E-state index in [-0.39, 0.29) is 12.0 Å². The lowest BCUT2D eigenvalue weighted by molar-refractivity contribution is -0.114. The first kappa shape index (κ1) is 22.7. The number of aryl methyl sites for hydroxylation is 1. The highest BCUT2D eigenvalue weighted by Gasteiger charge is 2.23. The number of benzene rings is 1. The van der Waals surface area contributed by atoms with Crippen molar-refractivity contribution in [2.24, 2.45) is 0 Å². The summed E-state index contributed by atoms with van der Waals surface area (Å²) in [5.74, 6) is 1.52. The largest absolute Gasteiger partial charge is 0.492 e. The van der Waals surface area contributed by atoms with Crippen LogP contribution in [0.1, 0.15) is 24.3 Å². The fraction of sp³-hybridized carbons (Fsp3) is 0.320. The highest BCUT2D eigenvalue weighted by molar-refractivity contribution is 5.88. The zero-order valence-corrected chi connectivity index (χ0v) is 19.0. The molecule has 33 heavy (non-hydrogen) atoms. The molecule has 0 unspecified atom stereocenters. The molecule has 1 amide bonds. The fourth-order valence-electron chi connectivity index (χ4n) is 3.64. The highest BCUT2D eigenvalue weighted by atomic mass is 16.5. The lowest BCUT2D eigenvalue weighted by Crippen LogP contribution is -2.40. The second-order valence-electron chi connectivity index (χ2n) is 7.98. The van der Waals surface area contributed by atoms with Gasteiger partial charge in [0.2, 0.25) is 5.91 Å². The van der Waals surface area contributed by atoms with Gasteiger partial charge in [0.25, 0.3) is 0 Å². The first-order valence-electron chi connectivity index (χ1n) is 11.1. The number of amides is 1. The van der Waals surface area contributed by atoms with Crippen molar-refractivity contribution in [2.75, 3.05) is 43.5 Å². The maximum Gasteiger partial charge on any atom is 0.221 e. The third-order valence-electron chi connectivity index (χ3n) is 5.39. The number of nitrogens with zero attached hydrogens (tertiary/aromatic N) is 3. The Morgan fingerprint density at radius 2 is 1.97 bits per heavy atom. The smallest absolute Gasteiger partial charge is 0.221 e. The number of ether oxygens (including phenoxy) is 2. The Bertz CT molecular complexity index is 1060. The first-order valence-corrected chi connectivity index (χ1v) is 11.1. The van der Waals surface area contributed by atoms with Crippen molar-refractivity contribution in [3.8, 4) is 5.75 Å². The van der Waals surface area contributed by atoms with Gasteiger partial charge in [-0.25, -0.2) is 4.98 Å². The minimum absolute atomic E-state index is 0.0682. The first-order chi connectivity index (χ1) is 16.1. The molecular weight excluding hydrogens is 418 g/mol. The Morgan fingerprint density at radius 1 is 1.15 bits per heavy atom. The van der Waals surface area contributed by atoms with Gasteiger partial charge in [0.05, 0.1) is 24.2 Å².